The zero-order chi connectivity index (χ0) is 39.2. The number of allylic oxidation sites excluding steroid dienone is 1. The van der Waals surface area contributed by atoms with Crippen LogP contribution in [0.15, 0.2) is 174 Å². The van der Waals surface area contributed by atoms with Crippen molar-refractivity contribution in [2.45, 2.75) is 43.9 Å². The lowest BCUT2D eigenvalue weighted by molar-refractivity contribution is -0.193. The number of aryl methyl sites for hydroxylation is 1. The van der Waals surface area contributed by atoms with Crippen molar-refractivity contribution in [3.8, 4) is 44.5 Å². The smallest absolute Gasteiger partial charge is 0.137 e. The Morgan fingerprint density at radius 3 is 1.97 bits per heavy atom. The first-order valence-corrected chi connectivity index (χ1v) is 22.3. The van der Waals surface area contributed by atoms with Crippen molar-refractivity contribution in [1.29, 1.82) is 0 Å². The minimum atomic E-state index is 0.0957. The van der Waals surface area contributed by atoms with Crippen molar-refractivity contribution in [2.75, 3.05) is 4.90 Å². The van der Waals surface area contributed by atoms with E-state index in [0.29, 0.717) is 11.3 Å². The van der Waals surface area contributed by atoms with Gasteiger partial charge in [-0.2, -0.15) is 0 Å². The molecule has 2 heteroatoms. The molecule has 0 saturated heterocycles. The number of furan rings is 1. The van der Waals surface area contributed by atoms with Crippen LogP contribution in [0, 0.1) is 29.1 Å². The first-order chi connectivity index (χ1) is 29.7. The average molecular weight is 772 g/mol. The SMILES string of the molecule is C1=Cc2oc3cc(N(c4ccc5c(c4)-c4ccc(-c6ccccc6)cc4C54C5CC6CC7CC4C67C5)c4ccc(-c5ccccc5)cc4-c4ccccc4)ccc3c2CC1. The fraction of sp³-hybridized carbons (Fsp3) is 0.207. The van der Waals surface area contributed by atoms with Gasteiger partial charge in [-0.15, -0.1) is 0 Å². The molecule has 2 nitrogen and oxygen atoms in total. The molecule has 0 radical (unpaired) electrons. The molecule has 14 rings (SSSR count). The van der Waals surface area contributed by atoms with Gasteiger partial charge in [0, 0.05) is 39.4 Å². The summed E-state index contributed by atoms with van der Waals surface area (Å²) in [6.45, 7) is 0. The van der Waals surface area contributed by atoms with Crippen LogP contribution in [0.3, 0.4) is 0 Å². The van der Waals surface area contributed by atoms with Crippen LogP contribution < -0.4 is 4.90 Å². The summed E-state index contributed by atoms with van der Waals surface area (Å²) in [6, 6.07) is 61.8. The van der Waals surface area contributed by atoms with Crippen LogP contribution >= 0.6 is 0 Å². The number of fused-ring (bicyclic) bond motifs is 11. The van der Waals surface area contributed by atoms with Crippen LogP contribution in [0.2, 0.25) is 0 Å². The second-order valence-corrected chi connectivity index (χ2v) is 18.8. The number of hydrogen-bond donors (Lipinski definition) is 0. The van der Waals surface area contributed by atoms with Crippen molar-refractivity contribution in [2.24, 2.45) is 29.1 Å². The Bertz CT molecular complexity index is 3090. The number of anilines is 3. The summed E-state index contributed by atoms with van der Waals surface area (Å²) in [5, 5.41) is 1.23. The molecule has 60 heavy (non-hydrogen) atoms. The largest absolute Gasteiger partial charge is 0.456 e. The van der Waals surface area contributed by atoms with E-state index >= 15 is 0 Å². The lowest BCUT2D eigenvalue weighted by Crippen LogP contribution is -2.65. The summed E-state index contributed by atoms with van der Waals surface area (Å²) >= 11 is 0. The molecular weight excluding hydrogens is 727 g/mol. The molecule has 0 amide bonds. The zero-order valence-electron chi connectivity index (χ0n) is 33.7. The van der Waals surface area contributed by atoms with E-state index in [0.717, 1.165) is 53.3 Å². The van der Waals surface area contributed by atoms with Gasteiger partial charge in [-0.1, -0.05) is 121 Å². The highest BCUT2D eigenvalue weighted by Gasteiger charge is 2.82. The molecule has 7 aromatic carbocycles. The Morgan fingerprint density at radius 2 is 1.20 bits per heavy atom. The lowest BCUT2D eigenvalue weighted by Gasteiger charge is -2.70. The minimum absolute atomic E-state index is 0.0957. The maximum absolute atomic E-state index is 6.63. The number of rotatable bonds is 6. The normalized spacial score (nSPS) is 25.7. The van der Waals surface area contributed by atoms with E-state index in [2.05, 4.69) is 181 Å². The standard InChI is InChI=1S/C58H45NO/c1-4-12-36(13-5-1)39-21-27-53(49(28-39)38-16-8-3-9-17-38)59(45-22-25-48-47-18-10-11-19-54(47)60-55(48)34-45)44-23-26-51-50(33-44)46-24-20-40(37-14-6-2-7-15-37)29-52(46)58(51)43-31-41-30-42-32-56(58)57(41,42)35-43/h1-9,11-17,19-29,33-34,41-43,56H,10,18,30-32,35H2. The van der Waals surface area contributed by atoms with Gasteiger partial charge in [-0.3, -0.25) is 0 Å². The molecule has 6 aliphatic carbocycles. The molecule has 0 N–H and O–H groups in total. The molecule has 6 unspecified atom stereocenters. The summed E-state index contributed by atoms with van der Waals surface area (Å²) in [7, 11) is 0. The first kappa shape index (κ1) is 33.5. The Kier molecular flexibility index (Phi) is 6.75. The Morgan fingerprint density at radius 1 is 0.517 bits per heavy atom. The van der Waals surface area contributed by atoms with Crippen molar-refractivity contribution < 1.29 is 4.42 Å². The highest BCUT2D eigenvalue weighted by Crippen LogP contribution is 2.88. The predicted molar refractivity (Wildman–Crippen MR) is 246 cm³/mol. The van der Waals surface area contributed by atoms with Gasteiger partial charge in [-0.25, -0.2) is 0 Å². The topological polar surface area (TPSA) is 16.4 Å². The van der Waals surface area contributed by atoms with Gasteiger partial charge in [0.2, 0.25) is 0 Å². The predicted octanol–water partition coefficient (Wildman–Crippen LogP) is 15.2. The summed E-state index contributed by atoms with van der Waals surface area (Å²) in [5.74, 6) is 4.36. The number of hydrogen-bond acceptors (Lipinski definition) is 2. The lowest BCUT2D eigenvalue weighted by atomic mass is 9.34. The molecule has 6 atom stereocenters. The van der Waals surface area contributed by atoms with Crippen LogP contribution in [-0.2, 0) is 11.8 Å². The Balaban J connectivity index is 0.999. The van der Waals surface area contributed by atoms with Gasteiger partial charge in [0.15, 0.2) is 0 Å². The Labute approximate surface area is 351 Å². The van der Waals surface area contributed by atoms with E-state index in [1.165, 1.54) is 86.8 Å². The van der Waals surface area contributed by atoms with E-state index in [1.807, 2.05) is 0 Å². The van der Waals surface area contributed by atoms with Gasteiger partial charge in [0.25, 0.3) is 0 Å². The van der Waals surface area contributed by atoms with Gasteiger partial charge in [0.1, 0.15) is 11.3 Å². The number of benzene rings is 7. The molecule has 8 aromatic rings. The van der Waals surface area contributed by atoms with E-state index in [4.69, 9.17) is 4.42 Å². The summed E-state index contributed by atoms with van der Waals surface area (Å²) in [5.41, 5.74) is 19.9. The zero-order valence-corrected chi connectivity index (χ0v) is 33.7. The fourth-order valence-electron chi connectivity index (χ4n) is 14.1. The van der Waals surface area contributed by atoms with E-state index in [-0.39, 0.29) is 5.41 Å². The third kappa shape index (κ3) is 4.29. The highest BCUT2D eigenvalue weighted by molar-refractivity contribution is 5.96. The second kappa shape index (κ2) is 12.1. The van der Waals surface area contributed by atoms with Crippen molar-refractivity contribution in [3.05, 3.63) is 192 Å². The molecule has 6 aliphatic rings. The second-order valence-electron chi connectivity index (χ2n) is 18.8. The maximum Gasteiger partial charge on any atom is 0.137 e. The molecule has 288 valence electrons. The summed E-state index contributed by atoms with van der Waals surface area (Å²) in [6.07, 6.45) is 12.2. The minimum Gasteiger partial charge on any atom is -0.456 e. The van der Waals surface area contributed by atoms with Crippen LogP contribution in [0.5, 0.6) is 0 Å². The molecule has 2 bridgehead atoms. The molecule has 1 heterocycles. The van der Waals surface area contributed by atoms with Gasteiger partial charge in [-0.05, 0) is 166 Å². The fourth-order valence-corrected chi connectivity index (χ4v) is 14.1. The molecular formula is C58H45NO. The van der Waals surface area contributed by atoms with Gasteiger partial charge in [0.05, 0.1) is 5.69 Å². The highest BCUT2D eigenvalue weighted by atomic mass is 16.3. The van der Waals surface area contributed by atoms with E-state index in [1.54, 1.807) is 11.1 Å². The molecule has 1 aromatic heterocycles. The average Bonchev–Trinajstić information content (AvgIpc) is 4.02. The van der Waals surface area contributed by atoms with Crippen LogP contribution in [0.1, 0.15) is 54.6 Å². The van der Waals surface area contributed by atoms with Crippen LogP contribution in [0.25, 0.3) is 61.6 Å². The van der Waals surface area contributed by atoms with Crippen molar-refractivity contribution >= 4 is 34.1 Å². The molecule has 0 aliphatic heterocycles. The third-order valence-corrected chi connectivity index (χ3v) is 16.5. The van der Waals surface area contributed by atoms with Crippen molar-refractivity contribution in [3.63, 3.8) is 0 Å². The third-order valence-electron chi connectivity index (χ3n) is 16.5. The van der Waals surface area contributed by atoms with Crippen LogP contribution in [0.4, 0.5) is 17.1 Å². The van der Waals surface area contributed by atoms with Gasteiger partial charge >= 0.3 is 0 Å². The summed E-state index contributed by atoms with van der Waals surface area (Å²) in [4.78, 5) is 2.51. The first-order valence-electron chi connectivity index (χ1n) is 22.3. The molecule has 4 fully saturated rings. The molecule has 4 saturated carbocycles. The quantitative estimate of drug-likeness (QED) is 0.167. The van der Waals surface area contributed by atoms with Gasteiger partial charge < -0.3 is 9.32 Å². The monoisotopic (exact) mass is 771 g/mol. The summed E-state index contributed by atoms with van der Waals surface area (Å²) < 4.78 is 6.63. The van der Waals surface area contributed by atoms with E-state index in [9.17, 15) is 0 Å². The van der Waals surface area contributed by atoms with Crippen molar-refractivity contribution in [1.82, 2.24) is 0 Å². The van der Waals surface area contributed by atoms with E-state index < -0.39 is 0 Å². The Hall–Kier alpha value is -6.38. The number of nitrogens with zero attached hydrogens (tertiary/aromatic N) is 1. The maximum atomic E-state index is 6.63. The van der Waals surface area contributed by atoms with Crippen LogP contribution in [-0.4, -0.2) is 0 Å². The molecule has 2 spiro atoms.